The number of hydrogen-bond donors (Lipinski definition) is 2. The van der Waals surface area contributed by atoms with E-state index in [1.165, 1.54) is 36.2 Å². The molecular weight excluding hydrogens is 362 g/mol. The predicted octanol–water partition coefficient (Wildman–Crippen LogP) is 3.95. The summed E-state index contributed by atoms with van der Waals surface area (Å²) in [6, 6.07) is 12.2. The first-order valence-electron chi connectivity index (χ1n) is 10.8. The lowest BCUT2D eigenvalue weighted by Crippen LogP contribution is -2.46. The molecule has 1 fully saturated rings. The monoisotopic (exact) mass is 391 g/mol. The molecule has 0 aliphatic carbocycles. The zero-order valence-corrected chi connectivity index (χ0v) is 16.9. The topological polar surface area (TPSA) is 51.7 Å². The Bertz CT molecular complexity index is 989. The number of ether oxygens (including phenoxy) is 1. The van der Waals surface area contributed by atoms with Crippen LogP contribution in [-0.4, -0.2) is 54.3 Å². The van der Waals surface area contributed by atoms with Crippen LogP contribution in [-0.2, 0) is 12.8 Å². The summed E-state index contributed by atoms with van der Waals surface area (Å²) in [5, 5.41) is 10.9. The highest BCUT2D eigenvalue weighted by Gasteiger charge is 2.19. The number of unbranched alkanes of at least 4 members (excludes halogenated alkanes) is 1. The average Bonchev–Trinajstić information content (AvgIpc) is 3.38. The molecule has 152 valence electrons. The van der Waals surface area contributed by atoms with Gasteiger partial charge in [0.15, 0.2) is 0 Å². The van der Waals surface area contributed by atoms with E-state index in [0.29, 0.717) is 5.75 Å². The molecule has 0 amide bonds. The number of aromatic amines is 1. The number of fused-ring (bicyclic) bond motifs is 2. The van der Waals surface area contributed by atoms with Crippen LogP contribution < -0.4 is 9.64 Å². The number of aromatic nitrogens is 1. The fourth-order valence-electron chi connectivity index (χ4n) is 4.62. The summed E-state index contributed by atoms with van der Waals surface area (Å²) in [4.78, 5) is 8.41. The number of phenolic OH excluding ortho intramolecular Hbond substituents is 1. The molecule has 3 heterocycles. The highest BCUT2D eigenvalue weighted by Crippen LogP contribution is 2.30. The third-order valence-corrected chi connectivity index (χ3v) is 6.33. The molecule has 2 aliphatic heterocycles. The summed E-state index contributed by atoms with van der Waals surface area (Å²) >= 11 is 0. The Morgan fingerprint density at radius 1 is 1.00 bits per heavy atom. The van der Waals surface area contributed by atoms with E-state index in [1.807, 2.05) is 12.1 Å². The van der Waals surface area contributed by atoms with Gasteiger partial charge in [-0.2, -0.15) is 0 Å². The molecule has 0 unspecified atom stereocenters. The molecule has 0 saturated carbocycles. The van der Waals surface area contributed by atoms with Crippen molar-refractivity contribution in [2.45, 2.75) is 25.7 Å². The Labute approximate surface area is 171 Å². The van der Waals surface area contributed by atoms with Crippen molar-refractivity contribution in [3.8, 4) is 11.5 Å². The second-order valence-corrected chi connectivity index (χ2v) is 8.22. The second-order valence-electron chi connectivity index (χ2n) is 8.22. The number of nitrogens with zero attached hydrogens (tertiary/aromatic N) is 2. The number of anilines is 1. The summed E-state index contributed by atoms with van der Waals surface area (Å²) in [7, 11) is 0. The number of hydrogen-bond acceptors (Lipinski definition) is 4. The van der Waals surface area contributed by atoms with E-state index in [0.717, 1.165) is 62.3 Å². The Balaban J connectivity index is 1.08. The van der Waals surface area contributed by atoms with Gasteiger partial charge in [-0.25, -0.2) is 0 Å². The van der Waals surface area contributed by atoms with Crippen LogP contribution in [0.5, 0.6) is 11.5 Å². The molecule has 2 aliphatic rings. The summed E-state index contributed by atoms with van der Waals surface area (Å²) in [5.74, 6) is 1.41. The first kappa shape index (κ1) is 18.4. The Morgan fingerprint density at radius 3 is 2.79 bits per heavy atom. The maximum absolute atomic E-state index is 9.73. The third kappa shape index (κ3) is 3.92. The minimum absolute atomic E-state index is 0.340. The van der Waals surface area contributed by atoms with Crippen molar-refractivity contribution in [1.29, 1.82) is 0 Å². The van der Waals surface area contributed by atoms with Crippen LogP contribution in [0.15, 0.2) is 42.6 Å². The normalized spacial score (nSPS) is 16.9. The SMILES string of the molecule is Oc1ccc2[nH]cc(CCCCN3CCN(c4ccc5c(c4)CCO5)CC3)c2c1. The molecule has 1 aromatic heterocycles. The van der Waals surface area contributed by atoms with Crippen molar-refractivity contribution in [2.75, 3.05) is 44.2 Å². The molecule has 1 saturated heterocycles. The van der Waals surface area contributed by atoms with Gasteiger partial charge in [-0.3, -0.25) is 4.90 Å². The lowest BCUT2D eigenvalue weighted by Gasteiger charge is -2.36. The molecule has 5 nitrogen and oxygen atoms in total. The summed E-state index contributed by atoms with van der Waals surface area (Å²) in [5.41, 5.74) is 5.11. The van der Waals surface area contributed by atoms with E-state index in [-0.39, 0.29) is 0 Å². The van der Waals surface area contributed by atoms with Gasteiger partial charge < -0.3 is 19.7 Å². The summed E-state index contributed by atoms with van der Waals surface area (Å²) < 4.78 is 5.63. The molecular formula is C24H29N3O2. The van der Waals surface area contributed by atoms with Gasteiger partial charge in [0.2, 0.25) is 0 Å². The van der Waals surface area contributed by atoms with Gasteiger partial charge in [-0.1, -0.05) is 0 Å². The number of piperazine rings is 1. The lowest BCUT2D eigenvalue weighted by atomic mass is 10.1. The van der Waals surface area contributed by atoms with Gasteiger partial charge in [-0.15, -0.1) is 0 Å². The maximum Gasteiger partial charge on any atom is 0.122 e. The molecule has 2 N–H and O–H groups in total. The average molecular weight is 392 g/mol. The van der Waals surface area contributed by atoms with Crippen molar-refractivity contribution >= 4 is 16.6 Å². The van der Waals surface area contributed by atoms with Crippen LogP contribution in [0.2, 0.25) is 0 Å². The minimum Gasteiger partial charge on any atom is -0.508 e. The number of rotatable bonds is 6. The van der Waals surface area contributed by atoms with Gasteiger partial charge in [0.25, 0.3) is 0 Å². The quantitative estimate of drug-likeness (QED) is 0.625. The van der Waals surface area contributed by atoms with Crippen LogP contribution in [0.1, 0.15) is 24.0 Å². The number of aryl methyl sites for hydroxylation is 1. The third-order valence-electron chi connectivity index (χ3n) is 6.33. The van der Waals surface area contributed by atoms with Gasteiger partial charge in [0.05, 0.1) is 6.61 Å². The van der Waals surface area contributed by atoms with Gasteiger partial charge in [0, 0.05) is 55.4 Å². The molecule has 5 rings (SSSR count). The van der Waals surface area contributed by atoms with E-state index in [2.05, 4.69) is 39.2 Å². The van der Waals surface area contributed by atoms with Gasteiger partial charge in [0.1, 0.15) is 11.5 Å². The number of nitrogens with one attached hydrogen (secondary N) is 1. The zero-order valence-electron chi connectivity index (χ0n) is 16.9. The highest BCUT2D eigenvalue weighted by molar-refractivity contribution is 5.84. The predicted molar refractivity (Wildman–Crippen MR) is 117 cm³/mol. The minimum atomic E-state index is 0.340. The van der Waals surface area contributed by atoms with E-state index < -0.39 is 0 Å². The van der Waals surface area contributed by atoms with Crippen LogP contribution >= 0.6 is 0 Å². The molecule has 0 atom stereocenters. The molecule has 2 aromatic carbocycles. The fourth-order valence-corrected chi connectivity index (χ4v) is 4.62. The Morgan fingerprint density at radius 2 is 1.90 bits per heavy atom. The van der Waals surface area contributed by atoms with E-state index >= 15 is 0 Å². The van der Waals surface area contributed by atoms with Crippen LogP contribution in [0.25, 0.3) is 10.9 Å². The zero-order chi connectivity index (χ0) is 19.6. The smallest absolute Gasteiger partial charge is 0.122 e. The lowest BCUT2D eigenvalue weighted by molar-refractivity contribution is 0.253. The second kappa shape index (κ2) is 7.99. The maximum atomic E-state index is 9.73. The first-order chi connectivity index (χ1) is 14.3. The molecule has 0 spiro atoms. The molecule has 3 aromatic rings. The Kier molecular flexibility index (Phi) is 5.06. The molecule has 0 bridgehead atoms. The molecule has 29 heavy (non-hydrogen) atoms. The summed E-state index contributed by atoms with van der Waals surface area (Å²) in [6.07, 6.45) is 6.57. The summed E-state index contributed by atoms with van der Waals surface area (Å²) in [6.45, 7) is 6.46. The van der Waals surface area contributed by atoms with Crippen LogP contribution in [0, 0.1) is 0 Å². The first-order valence-corrected chi connectivity index (χ1v) is 10.8. The van der Waals surface area contributed by atoms with Crippen LogP contribution in [0.3, 0.4) is 0 Å². The van der Waals surface area contributed by atoms with Crippen LogP contribution in [0.4, 0.5) is 5.69 Å². The standard InChI is InChI=1S/C24H29N3O2/c28-21-5-6-23-22(16-21)19(17-25-23)3-1-2-9-26-10-12-27(13-11-26)20-4-7-24-18(15-20)8-14-29-24/h4-7,15-17,25,28H,1-3,8-14H2. The van der Waals surface area contributed by atoms with E-state index in [1.54, 1.807) is 6.07 Å². The van der Waals surface area contributed by atoms with Gasteiger partial charge in [-0.05, 0) is 73.3 Å². The number of phenols is 1. The van der Waals surface area contributed by atoms with Crippen molar-refractivity contribution in [2.24, 2.45) is 0 Å². The number of H-pyrrole nitrogens is 1. The largest absolute Gasteiger partial charge is 0.508 e. The van der Waals surface area contributed by atoms with Crippen molar-refractivity contribution in [3.05, 3.63) is 53.7 Å². The Hall–Kier alpha value is -2.66. The van der Waals surface area contributed by atoms with Gasteiger partial charge >= 0.3 is 0 Å². The molecule has 5 heteroatoms. The van der Waals surface area contributed by atoms with Crippen molar-refractivity contribution in [3.63, 3.8) is 0 Å². The number of benzene rings is 2. The molecule has 0 radical (unpaired) electrons. The van der Waals surface area contributed by atoms with Crippen molar-refractivity contribution < 1.29 is 9.84 Å². The number of aromatic hydroxyl groups is 1. The fraction of sp³-hybridized carbons (Fsp3) is 0.417. The van der Waals surface area contributed by atoms with Crippen molar-refractivity contribution in [1.82, 2.24) is 9.88 Å². The van der Waals surface area contributed by atoms with E-state index in [9.17, 15) is 5.11 Å². The highest BCUT2D eigenvalue weighted by atomic mass is 16.5. The van der Waals surface area contributed by atoms with E-state index in [4.69, 9.17) is 4.74 Å².